The summed E-state index contributed by atoms with van der Waals surface area (Å²) in [7, 11) is 0. The molecule has 0 saturated carbocycles. The Kier molecular flexibility index (Phi) is 5.79. The number of hydrogen-bond acceptors (Lipinski definition) is 6. The van der Waals surface area contributed by atoms with Gasteiger partial charge in [-0.05, 0) is 55.1 Å². The van der Waals surface area contributed by atoms with Crippen LogP contribution in [0.4, 0.5) is 11.4 Å². The van der Waals surface area contributed by atoms with Crippen molar-refractivity contribution in [1.82, 2.24) is 4.90 Å². The van der Waals surface area contributed by atoms with E-state index in [0.29, 0.717) is 35.0 Å². The maximum Gasteiger partial charge on any atom is 0.257 e. The number of anilines is 2. The zero-order valence-corrected chi connectivity index (χ0v) is 18.2. The van der Waals surface area contributed by atoms with Gasteiger partial charge in [0.2, 0.25) is 12.7 Å². The first-order valence-electron chi connectivity index (χ1n) is 10.5. The minimum atomic E-state index is -0.308. The fourth-order valence-electron chi connectivity index (χ4n) is 4.16. The molecular weight excluding hydrogens is 426 g/mol. The minimum Gasteiger partial charge on any atom is -0.454 e. The standard InChI is InChI=1S/C24H23N3O4S/c28-23(14-27-11-3-7-19(27)22-8-4-12-32-22)26-18-6-2-1-5-17(18)24(29)25-16-9-10-20-21(13-16)31-15-30-20/h1-2,4-6,8-10,12-13,19H,3,7,11,14-15H2,(H,25,29)(H,26,28)/t19-/m1/s1. The summed E-state index contributed by atoms with van der Waals surface area (Å²) in [5.74, 6) is 0.808. The number of hydrogen-bond donors (Lipinski definition) is 2. The lowest BCUT2D eigenvalue weighted by atomic mass is 10.1. The smallest absolute Gasteiger partial charge is 0.257 e. The number of ether oxygens (including phenoxy) is 2. The van der Waals surface area contributed by atoms with Crippen LogP contribution in [0, 0.1) is 0 Å². The summed E-state index contributed by atoms with van der Waals surface area (Å²) < 4.78 is 10.7. The van der Waals surface area contributed by atoms with E-state index in [0.717, 1.165) is 19.4 Å². The molecule has 32 heavy (non-hydrogen) atoms. The summed E-state index contributed by atoms with van der Waals surface area (Å²) in [4.78, 5) is 29.3. The van der Waals surface area contributed by atoms with E-state index in [4.69, 9.17) is 9.47 Å². The molecule has 3 aromatic rings. The number of nitrogens with zero attached hydrogens (tertiary/aromatic N) is 1. The predicted molar refractivity (Wildman–Crippen MR) is 123 cm³/mol. The molecular formula is C24H23N3O4S. The highest BCUT2D eigenvalue weighted by Crippen LogP contribution is 2.35. The Morgan fingerprint density at radius 2 is 1.91 bits per heavy atom. The first-order chi connectivity index (χ1) is 15.7. The van der Waals surface area contributed by atoms with Crippen LogP contribution in [0.1, 0.15) is 34.1 Å². The zero-order chi connectivity index (χ0) is 21.9. The van der Waals surface area contributed by atoms with Crippen LogP contribution in [0.5, 0.6) is 11.5 Å². The minimum absolute atomic E-state index is 0.128. The Hall–Kier alpha value is -3.36. The number of rotatable bonds is 6. The van der Waals surface area contributed by atoms with Gasteiger partial charge in [0, 0.05) is 22.7 Å². The molecule has 0 radical (unpaired) electrons. The van der Waals surface area contributed by atoms with Crippen molar-refractivity contribution < 1.29 is 19.1 Å². The van der Waals surface area contributed by atoms with Gasteiger partial charge in [0.1, 0.15) is 0 Å². The topological polar surface area (TPSA) is 79.9 Å². The molecule has 1 aromatic heterocycles. The summed E-state index contributed by atoms with van der Waals surface area (Å²) in [6.45, 7) is 1.36. The molecule has 0 aliphatic carbocycles. The van der Waals surface area contributed by atoms with Crippen LogP contribution in [0.15, 0.2) is 60.0 Å². The van der Waals surface area contributed by atoms with Gasteiger partial charge in [-0.3, -0.25) is 14.5 Å². The molecule has 7 nitrogen and oxygen atoms in total. The van der Waals surface area contributed by atoms with E-state index in [9.17, 15) is 9.59 Å². The van der Waals surface area contributed by atoms with Gasteiger partial charge in [-0.25, -0.2) is 0 Å². The molecule has 0 bridgehead atoms. The van der Waals surface area contributed by atoms with Crippen LogP contribution in [0.3, 0.4) is 0 Å². The molecule has 1 fully saturated rings. The number of carbonyl (C=O) groups excluding carboxylic acids is 2. The molecule has 0 unspecified atom stereocenters. The molecule has 2 aliphatic heterocycles. The quantitative estimate of drug-likeness (QED) is 0.579. The lowest BCUT2D eigenvalue weighted by Gasteiger charge is -2.23. The molecule has 2 N–H and O–H groups in total. The Labute approximate surface area is 190 Å². The highest BCUT2D eigenvalue weighted by atomic mass is 32.1. The molecule has 3 heterocycles. The van der Waals surface area contributed by atoms with Crippen LogP contribution >= 0.6 is 11.3 Å². The van der Waals surface area contributed by atoms with E-state index >= 15 is 0 Å². The first-order valence-corrected chi connectivity index (χ1v) is 11.4. The maximum absolute atomic E-state index is 12.9. The van der Waals surface area contributed by atoms with Crippen LogP contribution in [-0.4, -0.2) is 36.6 Å². The number of nitrogens with one attached hydrogen (secondary N) is 2. The average molecular weight is 450 g/mol. The third-order valence-electron chi connectivity index (χ3n) is 5.66. The first kappa shape index (κ1) is 20.5. The van der Waals surface area contributed by atoms with Crippen molar-refractivity contribution in [3.05, 3.63) is 70.4 Å². The fourth-order valence-corrected chi connectivity index (χ4v) is 5.05. The van der Waals surface area contributed by atoms with Gasteiger partial charge in [0.25, 0.3) is 5.91 Å². The Morgan fingerprint density at radius 3 is 2.78 bits per heavy atom. The second-order valence-corrected chi connectivity index (χ2v) is 8.74. The number of likely N-dealkylation sites (tertiary alicyclic amines) is 1. The van der Waals surface area contributed by atoms with E-state index in [2.05, 4.69) is 27.0 Å². The molecule has 2 aromatic carbocycles. The number of fused-ring (bicyclic) bond motifs is 1. The molecule has 5 rings (SSSR count). The van der Waals surface area contributed by atoms with Gasteiger partial charge in [0.05, 0.1) is 17.8 Å². The summed E-state index contributed by atoms with van der Waals surface area (Å²) in [5.41, 5.74) is 1.48. The normalized spacial score (nSPS) is 17.3. The van der Waals surface area contributed by atoms with Crippen LogP contribution < -0.4 is 20.1 Å². The number of amides is 2. The molecule has 2 aliphatic rings. The van der Waals surface area contributed by atoms with Crippen LogP contribution in [-0.2, 0) is 4.79 Å². The third-order valence-corrected chi connectivity index (χ3v) is 6.63. The van der Waals surface area contributed by atoms with Crippen molar-refractivity contribution in [2.45, 2.75) is 18.9 Å². The number of para-hydroxylation sites is 1. The number of carbonyl (C=O) groups is 2. The second kappa shape index (κ2) is 9.02. The van der Waals surface area contributed by atoms with E-state index < -0.39 is 0 Å². The largest absolute Gasteiger partial charge is 0.454 e. The molecule has 8 heteroatoms. The van der Waals surface area contributed by atoms with Crippen molar-refractivity contribution in [3.8, 4) is 11.5 Å². The van der Waals surface area contributed by atoms with E-state index in [1.54, 1.807) is 53.8 Å². The Bertz CT molecular complexity index is 1130. The van der Waals surface area contributed by atoms with Gasteiger partial charge >= 0.3 is 0 Å². The average Bonchev–Trinajstić information content (AvgIpc) is 3.55. The number of benzene rings is 2. The van der Waals surface area contributed by atoms with Crippen LogP contribution in [0.2, 0.25) is 0 Å². The van der Waals surface area contributed by atoms with Crippen molar-refractivity contribution in [2.24, 2.45) is 0 Å². The monoisotopic (exact) mass is 449 g/mol. The molecule has 2 amide bonds. The van der Waals surface area contributed by atoms with E-state index in [-0.39, 0.29) is 24.6 Å². The van der Waals surface area contributed by atoms with Crippen molar-refractivity contribution in [2.75, 3.05) is 30.5 Å². The van der Waals surface area contributed by atoms with Gasteiger partial charge in [-0.2, -0.15) is 0 Å². The number of thiophene rings is 1. The molecule has 164 valence electrons. The predicted octanol–water partition coefficient (Wildman–Crippen LogP) is 4.50. The summed E-state index contributed by atoms with van der Waals surface area (Å²) >= 11 is 1.73. The molecule has 1 saturated heterocycles. The van der Waals surface area contributed by atoms with Gasteiger partial charge in [-0.15, -0.1) is 11.3 Å². The summed E-state index contributed by atoms with van der Waals surface area (Å²) in [6.07, 6.45) is 2.13. The lowest BCUT2D eigenvalue weighted by molar-refractivity contribution is -0.117. The molecule has 0 spiro atoms. The van der Waals surface area contributed by atoms with Gasteiger partial charge < -0.3 is 20.1 Å². The maximum atomic E-state index is 12.9. The lowest BCUT2D eigenvalue weighted by Crippen LogP contribution is -2.33. The highest BCUT2D eigenvalue weighted by Gasteiger charge is 2.28. The van der Waals surface area contributed by atoms with Crippen molar-refractivity contribution in [3.63, 3.8) is 0 Å². The van der Waals surface area contributed by atoms with Crippen LogP contribution in [0.25, 0.3) is 0 Å². The fraction of sp³-hybridized carbons (Fsp3) is 0.250. The third kappa shape index (κ3) is 4.32. The Balaban J connectivity index is 1.26. The van der Waals surface area contributed by atoms with Crippen molar-refractivity contribution >= 4 is 34.5 Å². The highest BCUT2D eigenvalue weighted by molar-refractivity contribution is 7.10. The Morgan fingerprint density at radius 1 is 1.03 bits per heavy atom. The second-order valence-electron chi connectivity index (χ2n) is 7.76. The van der Waals surface area contributed by atoms with Crippen molar-refractivity contribution in [1.29, 1.82) is 0 Å². The molecule has 1 atom stereocenters. The summed E-state index contributed by atoms with van der Waals surface area (Å²) in [6, 6.07) is 16.7. The SMILES string of the molecule is O=C(CN1CCC[C@@H]1c1cccs1)Nc1ccccc1C(=O)Nc1ccc2c(c1)OCO2. The zero-order valence-electron chi connectivity index (χ0n) is 17.4. The summed E-state index contributed by atoms with van der Waals surface area (Å²) in [5, 5.41) is 7.86. The van der Waals surface area contributed by atoms with E-state index in [1.165, 1.54) is 4.88 Å². The van der Waals surface area contributed by atoms with E-state index in [1.807, 2.05) is 6.07 Å². The van der Waals surface area contributed by atoms with Gasteiger partial charge in [-0.1, -0.05) is 18.2 Å². The van der Waals surface area contributed by atoms with Gasteiger partial charge in [0.15, 0.2) is 11.5 Å².